The highest BCUT2D eigenvalue weighted by Crippen LogP contribution is 2.16. The van der Waals surface area contributed by atoms with Crippen LogP contribution in [-0.4, -0.2) is 66.9 Å². The molecule has 0 bridgehead atoms. The SMILES string of the molecule is CC(C)[C@@H](C#N)N1CCN(C(=O)c2cccc(CN(C)C)c2)CC1. The molecular formula is C19H28N4O. The summed E-state index contributed by atoms with van der Waals surface area (Å²) in [4.78, 5) is 18.9. The minimum Gasteiger partial charge on any atom is -0.336 e. The summed E-state index contributed by atoms with van der Waals surface area (Å²) in [7, 11) is 4.04. The van der Waals surface area contributed by atoms with Crippen LogP contribution in [0.5, 0.6) is 0 Å². The van der Waals surface area contributed by atoms with Gasteiger partial charge in [0.25, 0.3) is 5.91 Å². The van der Waals surface area contributed by atoms with Gasteiger partial charge in [0.1, 0.15) is 6.04 Å². The number of rotatable bonds is 5. The summed E-state index contributed by atoms with van der Waals surface area (Å²) < 4.78 is 0. The molecule has 1 amide bonds. The number of nitriles is 1. The van der Waals surface area contributed by atoms with Crippen molar-refractivity contribution in [2.45, 2.75) is 26.4 Å². The Morgan fingerprint density at radius 1 is 1.25 bits per heavy atom. The second kappa shape index (κ2) is 8.27. The van der Waals surface area contributed by atoms with Gasteiger partial charge in [-0.15, -0.1) is 0 Å². The van der Waals surface area contributed by atoms with E-state index in [2.05, 4.69) is 35.8 Å². The normalized spacial score (nSPS) is 17.1. The highest BCUT2D eigenvalue weighted by molar-refractivity contribution is 5.94. The maximum absolute atomic E-state index is 12.7. The van der Waals surface area contributed by atoms with E-state index in [4.69, 9.17) is 0 Å². The first-order valence-electron chi connectivity index (χ1n) is 8.59. The van der Waals surface area contributed by atoms with Crippen molar-refractivity contribution >= 4 is 5.91 Å². The first-order chi connectivity index (χ1) is 11.4. The fourth-order valence-corrected chi connectivity index (χ4v) is 3.21. The number of benzene rings is 1. The molecule has 0 aromatic heterocycles. The van der Waals surface area contributed by atoms with Gasteiger partial charge in [-0.3, -0.25) is 9.69 Å². The van der Waals surface area contributed by atoms with Crippen LogP contribution in [-0.2, 0) is 6.54 Å². The van der Waals surface area contributed by atoms with Gasteiger partial charge in [-0.1, -0.05) is 26.0 Å². The Hall–Kier alpha value is -1.90. The smallest absolute Gasteiger partial charge is 0.253 e. The summed E-state index contributed by atoms with van der Waals surface area (Å²) in [5.74, 6) is 0.397. The number of hydrogen-bond acceptors (Lipinski definition) is 4. The molecule has 1 fully saturated rings. The van der Waals surface area contributed by atoms with Crippen LogP contribution in [0.1, 0.15) is 29.8 Å². The van der Waals surface area contributed by atoms with E-state index >= 15 is 0 Å². The van der Waals surface area contributed by atoms with E-state index in [0.717, 1.165) is 30.8 Å². The summed E-state index contributed by atoms with van der Waals surface area (Å²) in [5.41, 5.74) is 1.90. The Balaban J connectivity index is 1.99. The van der Waals surface area contributed by atoms with E-state index in [1.165, 1.54) is 0 Å². The molecule has 0 N–H and O–H groups in total. The van der Waals surface area contributed by atoms with Gasteiger partial charge in [0, 0.05) is 38.3 Å². The third-order valence-corrected chi connectivity index (χ3v) is 4.43. The molecule has 0 unspecified atom stereocenters. The zero-order chi connectivity index (χ0) is 17.7. The molecule has 5 heteroatoms. The monoisotopic (exact) mass is 328 g/mol. The third-order valence-electron chi connectivity index (χ3n) is 4.43. The average molecular weight is 328 g/mol. The molecule has 1 saturated heterocycles. The van der Waals surface area contributed by atoms with Gasteiger partial charge in [0.15, 0.2) is 0 Å². The molecule has 0 spiro atoms. The summed E-state index contributed by atoms with van der Waals surface area (Å²) in [6.07, 6.45) is 0. The lowest BCUT2D eigenvalue weighted by molar-refractivity contribution is 0.0576. The number of piperazine rings is 1. The number of nitrogens with zero attached hydrogens (tertiary/aromatic N) is 4. The molecule has 1 aliphatic rings. The topological polar surface area (TPSA) is 50.6 Å². The van der Waals surface area contributed by atoms with E-state index in [1.807, 2.05) is 37.2 Å². The standard InChI is InChI=1S/C19H28N4O/c1-15(2)18(13-20)22-8-10-23(11-9-22)19(24)17-7-5-6-16(12-17)14-21(3)4/h5-7,12,15,18H,8-11,14H2,1-4H3/t18-/m1/s1. The number of carbonyl (C=O) groups excluding carboxylic acids is 1. The van der Waals surface area contributed by atoms with Gasteiger partial charge < -0.3 is 9.80 Å². The Bertz CT molecular complexity index is 598. The van der Waals surface area contributed by atoms with Crippen LogP contribution in [0.25, 0.3) is 0 Å². The lowest BCUT2D eigenvalue weighted by Gasteiger charge is -2.38. The van der Waals surface area contributed by atoms with Gasteiger partial charge in [0.05, 0.1) is 6.07 Å². The molecule has 5 nitrogen and oxygen atoms in total. The molecule has 1 aromatic carbocycles. The van der Waals surface area contributed by atoms with Gasteiger partial charge in [-0.2, -0.15) is 5.26 Å². The van der Waals surface area contributed by atoms with Crippen LogP contribution in [0.4, 0.5) is 0 Å². The minimum atomic E-state index is -0.0642. The average Bonchev–Trinajstić information content (AvgIpc) is 2.55. The minimum absolute atomic E-state index is 0.0642. The molecule has 0 radical (unpaired) electrons. The first kappa shape index (κ1) is 18.4. The fourth-order valence-electron chi connectivity index (χ4n) is 3.21. The number of amides is 1. The van der Waals surface area contributed by atoms with Crippen LogP contribution in [0.2, 0.25) is 0 Å². The molecule has 1 aromatic rings. The third kappa shape index (κ3) is 4.56. The van der Waals surface area contributed by atoms with Crippen LogP contribution in [0.15, 0.2) is 24.3 Å². The van der Waals surface area contributed by atoms with E-state index in [-0.39, 0.29) is 11.9 Å². The molecule has 130 valence electrons. The molecular weight excluding hydrogens is 300 g/mol. The highest BCUT2D eigenvalue weighted by Gasteiger charge is 2.28. The lowest BCUT2D eigenvalue weighted by Crippen LogP contribution is -2.52. The lowest BCUT2D eigenvalue weighted by atomic mass is 10.0. The van der Waals surface area contributed by atoms with Crippen LogP contribution in [0.3, 0.4) is 0 Å². The number of carbonyl (C=O) groups is 1. The maximum atomic E-state index is 12.7. The summed E-state index contributed by atoms with van der Waals surface area (Å²) in [5, 5.41) is 9.33. The summed E-state index contributed by atoms with van der Waals surface area (Å²) in [6.45, 7) is 7.86. The predicted molar refractivity (Wildman–Crippen MR) is 95.5 cm³/mol. The van der Waals surface area contributed by atoms with Gasteiger partial charge in [0.2, 0.25) is 0 Å². The molecule has 1 heterocycles. The number of hydrogen-bond donors (Lipinski definition) is 0. The van der Waals surface area contributed by atoms with Crippen molar-refractivity contribution in [3.05, 3.63) is 35.4 Å². The van der Waals surface area contributed by atoms with Crippen molar-refractivity contribution in [3.63, 3.8) is 0 Å². The zero-order valence-corrected chi connectivity index (χ0v) is 15.2. The van der Waals surface area contributed by atoms with Crippen LogP contribution < -0.4 is 0 Å². The van der Waals surface area contributed by atoms with Crippen molar-refractivity contribution in [3.8, 4) is 6.07 Å². The van der Waals surface area contributed by atoms with Crippen LogP contribution >= 0.6 is 0 Å². The second-order valence-electron chi connectivity index (χ2n) is 7.08. The van der Waals surface area contributed by atoms with Crippen molar-refractivity contribution in [2.24, 2.45) is 5.92 Å². The summed E-state index contributed by atoms with van der Waals surface area (Å²) >= 11 is 0. The van der Waals surface area contributed by atoms with Crippen molar-refractivity contribution in [2.75, 3.05) is 40.3 Å². The van der Waals surface area contributed by atoms with E-state index in [9.17, 15) is 10.1 Å². The highest BCUT2D eigenvalue weighted by atomic mass is 16.2. The molecule has 0 aliphatic carbocycles. The van der Waals surface area contributed by atoms with Gasteiger partial charge in [-0.25, -0.2) is 0 Å². The predicted octanol–water partition coefficient (Wildman–Crippen LogP) is 2.05. The molecule has 0 saturated carbocycles. The quantitative estimate of drug-likeness (QED) is 0.830. The molecule has 24 heavy (non-hydrogen) atoms. The van der Waals surface area contributed by atoms with Gasteiger partial charge in [-0.05, 0) is 37.7 Å². The van der Waals surface area contributed by atoms with E-state index in [1.54, 1.807) is 0 Å². The Labute approximate surface area is 145 Å². The second-order valence-corrected chi connectivity index (χ2v) is 7.08. The van der Waals surface area contributed by atoms with E-state index < -0.39 is 0 Å². The molecule has 2 rings (SSSR count). The Kier molecular flexibility index (Phi) is 6.36. The van der Waals surface area contributed by atoms with Crippen molar-refractivity contribution in [1.29, 1.82) is 5.26 Å². The maximum Gasteiger partial charge on any atom is 0.253 e. The van der Waals surface area contributed by atoms with Gasteiger partial charge >= 0.3 is 0 Å². The Morgan fingerprint density at radius 2 is 1.92 bits per heavy atom. The fraction of sp³-hybridized carbons (Fsp3) is 0.579. The van der Waals surface area contributed by atoms with E-state index in [0.29, 0.717) is 19.0 Å². The Morgan fingerprint density at radius 3 is 2.46 bits per heavy atom. The molecule has 1 aliphatic heterocycles. The molecule has 1 atom stereocenters. The largest absolute Gasteiger partial charge is 0.336 e. The summed E-state index contributed by atoms with van der Waals surface area (Å²) in [6, 6.07) is 10.2. The van der Waals surface area contributed by atoms with Crippen molar-refractivity contribution in [1.82, 2.24) is 14.7 Å². The van der Waals surface area contributed by atoms with Crippen molar-refractivity contribution < 1.29 is 4.79 Å². The zero-order valence-electron chi connectivity index (χ0n) is 15.2. The first-order valence-corrected chi connectivity index (χ1v) is 8.59. The van der Waals surface area contributed by atoms with Crippen LogP contribution in [0, 0.1) is 17.2 Å².